The van der Waals surface area contributed by atoms with Crippen molar-refractivity contribution in [1.82, 2.24) is 4.72 Å². The van der Waals surface area contributed by atoms with Gasteiger partial charge in [-0.15, -0.1) is 0 Å². The molecule has 28 heavy (non-hydrogen) atoms. The molecule has 146 valence electrons. The highest BCUT2D eigenvalue weighted by atomic mass is 32.2. The number of nitrogens with one attached hydrogen (secondary N) is 1. The summed E-state index contributed by atoms with van der Waals surface area (Å²) >= 11 is 1.41. The van der Waals surface area contributed by atoms with Crippen molar-refractivity contribution >= 4 is 34.5 Å². The van der Waals surface area contributed by atoms with Crippen LogP contribution in [0.1, 0.15) is 53.3 Å². The summed E-state index contributed by atoms with van der Waals surface area (Å²) < 4.78 is 8.81. The molecular weight excluding hydrogens is 368 g/mol. The second-order valence-corrected chi connectivity index (χ2v) is 8.55. The van der Waals surface area contributed by atoms with Crippen molar-refractivity contribution in [3.05, 3.63) is 59.4 Å². The van der Waals surface area contributed by atoms with E-state index in [1.807, 2.05) is 37.2 Å². The molecule has 1 aliphatic rings. The van der Waals surface area contributed by atoms with Crippen molar-refractivity contribution in [1.29, 1.82) is 0 Å². The number of furan rings is 1. The lowest BCUT2D eigenvalue weighted by Crippen LogP contribution is -2.15. The van der Waals surface area contributed by atoms with E-state index in [9.17, 15) is 4.79 Å². The minimum atomic E-state index is -0.201. The van der Waals surface area contributed by atoms with E-state index in [0.29, 0.717) is 11.7 Å². The Morgan fingerprint density at radius 2 is 1.93 bits per heavy atom. The fourth-order valence-electron chi connectivity index (χ4n) is 3.93. The molecule has 0 atom stereocenters. The van der Waals surface area contributed by atoms with Gasteiger partial charge in [0, 0.05) is 36.1 Å². The van der Waals surface area contributed by atoms with E-state index in [4.69, 9.17) is 4.42 Å². The molecule has 1 amide bonds. The van der Waals surface area contributed by atoms with Crippen LogP contribution in [-0.4, -0.2) is 20.0 Å². The Bertz CT molecular complexity index is 1000. The quantitative estimate of drug-likeness (QED) is 0.547. The third-order valence-corrected chi connectivity index (χ3v) is 6.58. The molecular formula is C23H26N2O2S. The van der Waals surface area contributed by atoms with Crippen LogP contribution in [0.15, 0.2) is 51.8 Å². The van der Waals surface area contributed by atoms with E-state index >= 15 is 0 Å². The van der Waals surface area contributed by atoms with Crippen LogP contribution < -0.4 is 9.62 Å². The summed E-state index contributed by atoms with van der Waals surface area (Å²) in [5.41, 5.74) is 4.34. The van der Waals surface area contributed by atoms with Gasteiger partial charge in [0.2, 0.25) is 0 Å². The van der Waals surface area contributed by atoms with Crippen molar-refractivity contribution in [2.45, 2.75) is 43.4 Å². The van der Waals surface area contributed by atoms with Gasteiger partial charge in [-0.3, -0.25) is 9.52 Å². The van der Waals surface area contributed by atoms with Crippen LogP contribution in [0.5, 0.6) is 0 Å². The first-order valence-electron chi connectivity index (χ1n) is 9.80. The lowest BCUT2D eigenvalue weighted by molar-refractivity contribution is 0.0959. The molecule has 0 radical (unpaired) electrons. The number of aryl methyl sites for hydroxylation is 1. The second-order valence-electron chi connectivity index (χ2n) is 7.74. The maximum Gasteiger partial charge on any atom is 0.297 e. The highest BCUT2D eigenvalue weighted by Gasteiger charge is 2.22. The number of nitrogens with zero attached hydrogens (tertiary/aromatic N) is 1. The van der Waals surface area contributed by atoms with Crippen molar-refractivity contribution in [3.8, 4) is 0 Å². The van der Waals surface area contributed by atoms with Gasteiger partial charge in [-0.25, -0.2) is 0 Å². The first-order chi connectivity index (χ1) is 13.5. The zero-order valence-corrected chi connectivity index (χ0v) is 17.4. The molecule has 4 nitrogen and oxygen atoms in total. The third kappa shape index (κ3) is 3.76. The van der Waals surface area contributed by atoms with Gasteiger partial charge in [-0.05, 0) is 67.0 Å². The molecule has 3 aromatic rings. The minimum Gasteiger partial charge on any atom is -0.451 e. The largest absolute Gasteiger partial charge is 0.451 e. The summed E-state index contributed by atoms with van der Waals surface area (Å²) in [5, 5.41) is 0.934. The van der Waals surface area contributed by atoms with E-state index in [1.54, 1.807) is 6.07 Å². The molecule has 0 aliphatic heterocycles. The van der Waals surface area contributed by atoms with Gasteiger partial charge in [0.15, 0.2) is 5.76 Å². The fraction of sp³-hybridized carbons (Fsp3) is 0.348. The van der Waals surface area contributed by atoms with Crippen LogP contribution in [-0.2, 0) is 0 Å². The van der Waals surface area contributed by atoms with Gasteiger partial charge in [0.05, 0.1) is 0 Å². The maximum atomic E-state index is 12.7. The van der Waals surface area contributed by atoms with Crippen molar-refractivity contribution in [3.63, 3.8) is 0 Å². The summed E-state index contributed by atoms with van der Waals surface area (Å²) in [6.07, 6.45) is 5.07. The molecule has 2 aromatic carbocycles. The Morgan fingerprint density at radius 3 is 2.68 bits per heavy atom. The zero-order valence-electron chi connectivity index (χ0n) is 16.6. The maximum absolute atomic E-state index is 12.7. The molecule has 5 heteroatoms. The van der Waals surface area contributed by atoms with Crippen molar-refractivity contribution < 1.29 is 9.21 Å². The number of hydrogen-bond acceptors (Lipinski definition) is 4. The Balaban J connectivity index is 1.53. The summed E-state index contributed by atoms with van der Waals surface area (Å²) in [4.78, 5) is 15.9. The lowest BCUT2D eigenvalue weighted by atomic mass is 9.96. The third-order valence-electron chi connectivity index (χ3n) is 5.53. The molecule has 4 rings (SSSR count). The van der Waals surface area contributed by atoms with Crippen LogP contribution in [0.4, 0.5) is 5.69 Å². The Labute approximate surface area is 170 Å². The van der Waals surface area contributed by atoms with Gasteiger partial charge in [-0.2, -0.15) is 0 Å². The number of carbonyl (C=O) groups is 1. The number of hydrogen-bond donors (Lipinski definition) is 1. The molecule has 1 fully saturated rings. The SMILES string of the molecule is Cc1cccc(C2CCCC2)c1SNC(=O)c1cc2ccc(N(C)C)cc2o1. The summed E-state index contributed by atoms with van der Waals surface area (Å²) in [5.74, 6) is 0.748. The standard InChI is InChI=1S/C23H26N2O2S/c1-15-7-6-10-19(16-8-4-5-9-16)22(15)28-24-23(26)21-13-17-11-12-18(25(2)3)14-20(17)27-21/h6-7,10-14,16H,4-5,8-9H2,1-3H3,(H,24,26). The molecule has 0 spiro atoms. The van der Waals surface area contributed by atoms with Crippen LogP contribution in [0.25, 0.3) is 11.0 Å². The van der Waals surface area contributed by atoms with Crippen LogP contribution in [0.3, 0.4) is 0 Å². The Hall–Kier alpha value is -2.40. The minimum absolute atomic E-state index is 0.201. The van der Waals surface area contributed by atoms with E-state index < -0.39 is 0 Å². The predicted octanol–water partition coefficient (Wildman–Crippen LogP) is 5.90. The molecule has 1 aliphatic carbocycles. The van der Waals surface area contributed by atoms with Crippen LogP contribution in [0, 0.1) is 6.92 Å². The molecule has 0 unspecified atom stereocenters. The zero-order chi connectivity index (χ0) is 19.7. The van der Waals surface area contributed by atoms with E-state index in [2.05, 4.69) is 29.8 Å². The fourth-order valence-corrected chi connectivity index (χ4v) is 4.81. The molecule has 0 saturated heterocycles. The average Bonchev–Trinajstić information content (AvgIpc) is 3.35. The number of fused-ring (bicyclic) bond motifs is 1. The van der Waals surface area contributed by atoms with E-state index in [-0.39, 0.29) is 5.91 Å². The Kier molecular flexibility index (Phi) is 5.36. The summed E-state index contributed by atoms with van der Waals surface area (Å²) in [7, 11) is 3.97. The molecule has 1 heterocycles. The van der Waals surface area contributed by atoms with Gasteiger partial charge in [-0.1, -0.05) is 31.0 Å². The lowest BCUT2D eigenvalue weighted by Gasteiger charge is -2.17. The summed E-state index contributed by atoms with van der Waals surface area (Å²) in [6, 6.07) is 14.2. The van der Waals surface area contributed by atoms with E-state index in [0.717, 1.165) is 16.7 Å². The smallest absolute Gasteiger partial charge is 0.297 e. The van der Waals surface area contributed by atoms with Gasteiger partial charge >= 0.3 is 0 Å². The predicted molar refractivity (Wildman–Crippen MR) is 116 cm³/mol. The van der Waals surface area contributed by atoms with Crippen molar-refractivity contribution in [2.75, 3.05) is 19.0 Å². The number of carbonyl (C=O) groups excluding carboxylic acids is 1. The van der Waals surface area contributed by atoms with Gasteiger partial charge in [0.25, 0.3) is 5.91 Å². The molecule has 1 N–H and O–H groups in total. The Morgan fingerprint density at radius 1 is 1.14 bits per heavy atom. The number of benzene rings is 2. The number of anilines is 1. The van der Waals surface area contributed by atoms with E-state index in [1.165, 1.54) is 53.7 Å². The summed E-state index contributed by atoms with van der Waals surface area (Å²) in [6.45, 7) is 2.11. The highest BCUT2D eigenvalue weighted by Crippen LogP contribution is 2.39. The van der Waals surface area contributed by atoms with Crippen LogP contribution in [0.2, 0.25) is 0 Å². The first kappa shape index (κ1) is 18.9. The van der Waals surface area contributed by atoms with Crippen molar-refractivity contribution in [2.24, 2.45) is 0 Å². The molecule has 1 saturated carbocycles. The molecule has 1 aromatic heterocycles. The number of amides is 1. The topological polar surface area (TPSA) is 45.5 Å². The monoisotopic (exact) mass is 394 g/mol. The first-order valence-corrected chi connectivity index (χ1v) is 10.6. The molecule has 0 bridgehead atoms. The average molecular weight is 395 g/mol. The second kappa shape index (κ2) is 7.92. The van der Waals surface area contributed by atoms with Gasteiger partial charge in [0.1, 0.15) is 5.58 Å². The highest BCUT2D eigenvalue weighted by molar-refractivity contribution is 7.98. The number of rotatable bonds is 5. The van der Waals surface area contributed by atoms with Crippen LogP contribution >= 0.6 is 11.9 Å². The normalized spacial score (nSPS) is 14.5. The van der Waals surface area contributed by atoms with Gasteiger partial charge < -0.3 is 9.32 Å².